The fraction of sp³-hybridized carbons (Fsp3) is 0.600. The van der Waals surface area contributed by atoms with E-state index in [-0.39, 0.29) is 0 Å². The molecule has 14 heavy (non-hydrogen) atoms. The summed E-state index contributed by atoms with van der Waals surface area (Å²) in [6.07, 6.45) is 3.62. The van der Waals surface area contributed by atoms with Gasteiger partial charge in [-0.2, -0.15) is 9.78 Å². The molecule has 4 nitrogen and oxygen atoms in total. The van der Waals surface area contributed by atoms with Crippen LogP contribution in [0.25, 0.3) is 0 Å². The van der Waals surface area contributed by atoms with Gasteiger partial charge in [0.05, 0.1) is 6.20 Å². The minimum Gasteiger partial charge on any atom is -0.442 e. The normalized spacial score (nSPS) is 11.4. The first-order valence-corrected chi connectivity index (χ1v) is 4.69. The maximum absolute atomic E-state index is 11.5. The van der Waals surface area contributed by atoms with Crippen LogP contribution in [0.4, 0.5) is 4.79 Å². The Labute approximate surface area is 83.9 Å². The molecule has 1 aromatic rings. The summed E-state index contributed by atoms with van der Waals surface area (Å²) < 4.78 is 6.46. The van der Waals surface area contributed by atoms with Crippen molar-refractivity contribution in [3.05, 3.63) is 18.0 Å². The van der Waals surface area contributed by atoms with Crippen molar-refractivity contribution in [2.75, 3.05) is 0 Å². The van der Waals surface area contributed by atoms with Crippen LogP contribution >= 0.6 is 0 Å². The van der Waals surface area contributed by atoms with Gasteiger partial charge in [0, 0.05) is 6.20 Å². The third-order valence-corrected chi connectivity index (χ3v) is 2.11. The third kappa shape index (κ3) is 2.58. The molecule has 0 amide bonds. The van der Waals surface area contributed by atoms with E-state index in [1.165, 1.54) is 4.68 Å². The predicted octanol–water partition coefficient (Wildman–Crippen LogP) is 2.36. The second-order valence-corrected chi connectivity index (χ2v) is 3.94. The molecule has 0 radical (unpaired) electrons. The van der Waals surface area contributed by atoms with Gasteiger partial charge in [-0.05, 0) is 32.8 Å². The molecule has 0 aliphatic rings. The standard InChI is InChI=1S/C10H16N2O2/c1-5-10(3,4)14-9(13)12-7-8(2)6-11-12/h6-7H,5H2,1-4H3. The number of hydrogen-bond donors (Lipinski definition) is 0. The molecule has 1 heterocycles. The van der Waals surface area contributed by atoms with Crippen LogP contribution in [-0.4, -0.2) is 21.5 Å². The van der Waals surface area contributed by atoms with Gasteiger partial charge in [-0.25, -0.2) is 4.79 Å². The van der Waals surface area contributed by atoms with E-state index in [1.807, 2.05) is 27.7 Å². The fourth-order valence-corrected chi connectivity index (χ4v) is 0.868. The quantitative estimate of drug-likeness (QED) is 0.729. The summed E-state index contributed by atoms with van der Waals surface area (Å²) in [5.74, 6) is 0. The number of aromatic nitrogens is 2. The molecule has 0 unspecified atom stereocenters. The van der Waals surface area contributed by atoms with Crippen LogP contribution in [0.2, 0.25) is 0 Å². The van der Waals surface area contributed by atoms with E-state index in [9.17, 15) is 4.79 Å². The maximum Gasteiger partial charge on any atom is 0.435 e. The van der Waals surface area contributed by atoms with Crippen molar-refractivity contribution in [3.8, 4) is 0 Å². The zero-order chi connectivity index (χ0) is 10.8. The maximum atomic E-state index is 11.5. The zero-order valence-electron chi connectivity index (χ0n) is 9.07. The molecule has 0 aliphatic carbocycles. The van der Waals surface area contributed by atoms with Crippen molar-refractivity contribution in [2.24, 2.45) is 0 Å². The zero-order valence-corrected chi connectivity index (χ0v) is 9.07. The predicted molar refractivity (Wildman–Crippen MR) is 53.2 cm³/mol. The van der Waals surface area contributed by atoms with Crippen LogP contribution in [0.15, 0.2) is 12.4 Å². The van der Waals surface area contributed by atoms with Gasteiger partial charge in [0.15, 0.2) is 0 Å². The second-order valence-electron chi connectivity index (χ2n) is 3.94. The fourth-order valence-electron chi connectivity index (χ4n) is 0.868. The van der Waals surface area contributed by atoms with Crippen molar-refractivity contribution >= 4 is 6.09 Å². The van der Waals surface area contributed by atoms with Crippen molar-refractivity contribution < 1.29 is 9.53 Å². The Morgan fingerprint density at radius 3 is 2.71 bits per heavy atom. The lowest BCUT2D eigenvalue weighted by Crippen LogP contribution is -2.29. The Morgan fingerprint density at radius 2 is 2.29 bits per heavy atom. The molecule has 0 saturated heterocycles. The van der Waals surface area contributed by atoms with Gasteiger partial charge in [0.2, 0.25) is 0 Å². The monoisotopic (exact) mass is 196 g/mol. The highest BCUT2D eigenvalue weighted by Gasteiger charge is 2.21. The second kappa shape index (κ2) is 3.82. The van der Waals surface area contributed by atoms with E-state index in [4.69, 9.17) is 4.74 Å². The molecule has 0 atom stereocenters. The van der Waals surface area contributed by atoms with Gasteiger partial charge >= 0.3 is 6.09 Å². The Balaban J connectivity index is 2.68. The summed E-state index contributed by atoms with van der Waals surface area (Å²) >= 11 is 0. The lowest BCUT2D eigenvalue weighted by molar-refractivity contribution is 0.0351. The summed E-state index contributed by atoms with van der Waals surface area (Å²) in [6.45, 7) is 7.60. The number of nitrogens with zero attached hydrogens (tertiary/aromatic N) is 2. The van der Waals surface area contributed by atoms with Gasteiger partial charge in [-0.15, -0.1) is 0 Å². The van der Waals surface area contributed by atoms with E-state index in [2.05, 4.69) is 5.10 Å². The summed E-state index contributed by atoms with van der Waals surface area (Å²) in [5, 5.41) is 3.88. The first-order chi connectivity index (χ1) is 6.44. The first kappa shape index (κ1) is 10.8. The van der Waals surface area contributed by atoms with Gasteiger partial charge in [0.25, 0.3) is 0 Å². The molecule has 78 valence electrons. The van der Waals surface area contributed by atoms with Crippen LogP contribution in [0.1, 0.15) is 32.8 Å². The minimum absolute atomic E-state index is 0.426. The van der Waals surface area contributed by atoms with E-state index in [0.29, 0.717) is 0 Å². The Hall–Kier alpha value is -1.32. The average Bonchev–Trinajstić information content (AvgIpc) is 2.51. The lowest BCUT2D eigenvalue weighted by atomic mass is 10.1. The Bertz CT molecular complexity index is 329. The summed E-state index contributed by atoms with van der Waals surface area (Å²) in [7, 11) is 0. The number of carbonyl (C=O) groups excluding carboxylic acids is 1. The number of aryl methyl sites for hydroxylation is 1. The topological polar surface area (TPSA) is 44.1 Å². The van der Waals surface area contributed by atoms with Crippen LogP contribution in [0.3, 0.4) is 0 Å². The van der Waals surface area contributed by atoms with Gasteiger partial charge in [-0.1, -0.05) is 6.92 Å². The number of carbonyl (C=O) groups is 1. The first-order valence-electron chi connectivity index (χ1n) is 4.69. The summed E-state index contributed by atoms with van der Waals surface area (Å²) in [6, 6.07) is 0. The van der Waals surface area contributed by atoms with E-state index in [0.717, 1.165) is 12.0 Å². The smallest absolute Gasteiger partial charge is 0.435 e. The van der Waals surface area contributed by atoms with Crippen molar-refractivity contribution in [1.82, 2.24) is 9.78 Å². The van der Waals surface area contributed by atoms with Gasteiger partial charge < -0.3 is 4.74 Å². The number of hydrogen-bond acceptors (Lipinski definition) is 3. The highest BCUT2D eigenvalue weighted by molar-refractivity contribution is 5.69. The molecular formula is C10H16N2O2. The van der Waals surface area contributed by atoms with Crippen LogP contribution in [-0.2, 0) is 4.74 Å². The Kier molecular flexibility index (Phi) is 2.93. The number of ether oxygens (including phenoxy) is 1. The summed E-state index contributed by atoms with van der Waals surface area (Å²) in [4.78, 5) is 11.5. The van der Waals surface area contributed by atoms with E-state index >= 15 is 0 Å². The molecule has 0 saturated carbocycles. The molecule has 0 aliphatic heterocycles. The molecule has 0 N–H and O–H groups in total. The molecule has 1 aromatic heterocycles. The van der Waals surface area contributed by atoms with Gasteiger partial charge in [0.1, 0.15) is 5.60 Å². The summed E-state index contributed by atoms with van der Waals surface area (Å²) in [5.41, 5.74) is 0.507. The molecule has 0 bridgehead atoms. The van der Waals surface area contributed by atoms with Gasteiger partial charge in [-0.3, -0.25) is 0 Å². The van der Waals surface area contributed by atoms with Crippen molar-refractivity contribution in [1.29, 1.82) is 0 Å². The van der Waals surface area contributed by atoms with Crippen LogP contribution in [0.5, 0.6) is 0 Å². The SMILES string of the molecule is CCC(C)(C)OC(=O)n1cc(C)cn1. The van der Waals surface area contributed by atoms with Crippen molar-refractivity contribution in [3.63, 3.8) is 0 Å². The Morgan fingerprint density at radius 1 is 1.64 bits per heavy atom. The molecular weight excluding hydrogens is 180 g/mol. The molecule has 0 aromatic carbocycles. The highest BCUT2D eigenvalue weighted by Crippen LogP contribution is 2.14. The molecule has 0 spiro atoms. The largest absolute Gasteiger partial charge is 0.442 e. The molecule has 1 rings (SSSR count). The minimum atomic E-state index is -0.434. The van der Waals surface area contributed by atoms with Crippen molar-refractivity contribution in [2.45, 2.75) is 39.7 Å². The van der Waals surface area contributed by atoms with E-state index < -0.39 is 11.7 Å². The van der Waals surface area contributed by atoms with Crippen LogP contribution in [0, 0.1) is 6.92 Å². The molecule has 0 fully saturated rings. The lowest BCUT2D eigenvalue weighted by Gasteiger charge is -2.22. The molecule has 4 heteroatoms. The third-order valence-electron chi connectivity index (χ3n) is 2.11. The van der Waals surface area contributed by atoms with E-state index in [1.54, 1.807) is 12.4 Å². The highest BCUT2D eigenvalue weighted by atomic mass is 16.6. The average molecular weight is 196 g/mol. The number of rotatable bonds is 2. The van der Waals surface area contributed by atoms with Crippen LogP contribution < -0.4 is 0 Å².